The zero-order chi connectivity index (χ0) is 9.99. The Morgan fingerprint density at radius 3 is 2.00 bits per heavy atom. The van der Waals surface area contributed by atoms with E-state index < -0.39 is 7.38 Å². The van der Waals surface area contributed by atoms with Gasteiger partial charge in [0.2, 0.25) is 0 Å². The fourth-order valence-electron chi connectivity index (χ4n) is 1.54. The Kier molecular flexibility index (Phi) is 4.05. The normalized spacial score (nSPS) is 19.8. The van der Waals surface area contributed by atoms with Crippen LogP contribution in [0.5, 0.6) is 0 Å². The van der Waals surface area contributed by atoms with Crippen molar-refractivity contribution < 1.29 is 0 Å². The molecule has 0 rings (SSSR count). The zero-order valence-electron chi connectivity index (χ0n) is 8.95. The number of halogens is 1. The second-order valence-electron chi connectivity index (χ2n) is 4.53. The van der Waals surface area contributed by atoms with Crippen molar-refractivity contribution in [2.24, 2.45) is 0 Å². The molecular weight excluding hydrogens is 184 g/mol. The quantitative estimate of drug-likeness (QED) is 0.469. The van der Waals surface area contributed by atoms with E-state index in [1.54, 1.807) is 0 Å². The molecular formula is C10H21ClSi. The second-order valence-corrected chi connectivity index (χ2v) is 10.8. The smallest absolute Gasteiger partial charge is 0.161 e. The van der Waals surface area contributed by atoms with Crippen molar-refractivity contribution in [3.8, 4) is 0 Å². The average molecular weight is 205 g/mol. The molecule has 0 aromatic rings. The first-order chi connectivity index (χ1) is 5.29. The Hall–Kier alpha value is 0.247. The lowest BCUT2D eigenvalue weighted by Gasteiger charge is -2.39. The van der Waals surface area contributed by atoms with Crippen molar-refractivity contribution in [2.45, 2.75) is 51.6 Å². The molecule has 72 valence electrons. The van der Waals surface area contributed by atoms with Crippen molar-refractivity contribution in [3.05, 3.63) is 12.3 Å². The van der Waals surface area contributed by atoms with E-state index in [0.717, 1.165) is 6.42 Å². The summed E-state index contributed by atoms with van der Waals surface area (Å²) in [5.41, 5.74) is 2.64. The molecule has 2 atom stereocenters. The zero-order valence-corrected chi connectivity index (χ0v) is 10.7. The summed E-state index contributed by atoms with van der Waals surface area (Å²) in [4.78, 5) is 0. The highest BCUT2D eigenvalue weighted by molar-refractivity contribution is 7.25. The lowest BCUT2D eigenvalue weighted by molar-refractivity contribution is 0.696. The standard InChI is InChI=1S/C10H21ClSi/c1-7-9(3)12(11,8-2)10(4,5)6/h8-9H,2,7H2,1,3-6H3. The van der Waals surface area contributed by atoms with Crippen molar-refractivity contribution in [1.29, 1.82) is 0 Å². The predicted molar refractivity (Wildman–Crippen MR) is 61.2 cm³/mol. The molecule has 0 amide bonds. The van der Waals surface area contributed by atoms with Gasteiger partial charge in [0.15, 0.2) is 7.38 Å². The number of hydrogen-bond donors (Lipinski definition) is 0. The van der Waals surface area contributed by atoms with E-state index in [2.05, 4.69) is 41.2 Å². The van der Waals surface area contributed by atoms with Crippen LogP contribution in [0.4, 0.5) is 0 Å². The highest BCUT2D eigenvalue weighted by atomic mass is 35.6. The minimum absolute atomic E-state index is 0.214. The summed E-state index contributed by atoms with van der Waals surface area (Å²) < 4.78 is 0. The predicted octanol–water partition coefficient (Wildman–Crippen LogP) is 4.50. The molecule has 12 heavy (non-hydrogen) atoms. The van der Waals surface area contributed by atoms with Crippen LogP contribution >= 0.6 is 11.1 Å². The second kappa shape index (κ2) is 3.97. The summed E-state index contributed by atoms with van der Waals surface area (Å²) in [6.07, 6.45) is 1.15. The Labute approximate surface area is 82.7 Å². The summed E-state index contributed by atoms with van der Waals surface area (Å²) >= 11 is 6.67. The third-order valence-electron chi connectivity index (χ3n) is 2.78. The van der Waals surface area contributed by atoms with E-state index in [9.17, 15) is 0 Å². The van der Waals surface area contributed by atoms with Gasteiger partial charge in [-0.2, -0.15) is 11.1 Å². The molecule has 2 heteroatoms. The molecule has 0 nitrogen and oxygen atoms in total. The van der Waals surface area contributed by atoms with Crippen molar-refractivity contribution in [3.63, 3.8) is 0 Å². The van der Waals surface area contributed by atoms with Crippen LogP contribution in [0.1, 0.15) is 41.0 Å². The third-order valence-corrected chi connectivity index (χ3v) is 10.8. The molecule has 0 N–H and O–H groups in total. The van der Waals surface area contributed by atoms with Gasteiger partial charge in [-0.15, -0.1) is 6.58 Å². The summed E-state index contributed by atoms with van der Waals surface area (Å²) in [5.74, 6) is 0. The Bertz CT molecular complexity index is 160. The fourth-order valence-corrected chi connectivity index (χ4v) is 5.09. The van der Waals surface area contributed by atoms with Gasteiger partial charge in [-0.05, 0) is 10.6 Å². The van der Waals surface area contributed by atoms with E-state index >= 15 is 0 Å². The van der Waals surface area contributed by atoms with E-state index in [1.807, 2.05) is 5.70 Å². The summed E-state index contributed by atoms with van der Waals surface area (Å²) in [5, 5.41) is 0.214. The van der Waals surface area contributed by atoms with Crippen molar-refractivity contribution in [1.82, 2.24) is 0 Å². The van der Waals surface area contributed by atoms with Gasteiger partial charge in [0.05, 0.1) is 0 Å². The van der Waals surface area contributed by atoms with Gasteiger partial charge >= 0.3 is 0 Å². The Morgan fingerprint density at radius 1 is 1.50 bits per heavy atom. The first-order valence-electron chi connectivity index (χ1n) is 4.62. The molecule has 0 saturated carbocycles. The van der Waals surface area contributed by atoms with Crippen LogP contribution in [0.25, 0.3) is 0 Å². The molecule has 0 aliphatic carbocycles. The van der Waals surface area contributed by atoms with Crippen LogP contribution in [0.3, 0.4) is 0 Å². The maximum absolute atomic E-state index is 6.67. The van der Waals surface area contributed by atoms with Gasteiger partial charge < -0.3 is 0 Å². The van der Waals surface area contributed by atoms with Crippen LogP contribution in [0.15, 0.2) is 12.3 Å². The average Bonchev–Trinajstić information content (AvgIpc) is 1.99. The maximum Gasteiger partial charge on any atom is 0.187 e. The molecule has 2 unspecified atom stereocenters. The number of hydrogen-bond acceptors (Lipinski definition) is 0. The summed E-state index contributed by atoms with van der Waals surface area (Å²) in [6.45, 7) is 15.0. The van der Waals surface area contributed by atoms with E-state index in [-0.39, 0.29) is 5.04 Å². The molecule has 0 radical (unpaired) electrons. The molecule has 0 spiro atoms. The first-order valence-corrected chi connectivity index (χ1v) is 7.78. The largest absolute Gasteiger partial charge is 0.187 e. The van der Waals surface area contributed by atoms with Crippen LogP contribution in [-0.2, 0) is 0 Å². The summed E-state index contributed by atoms with van der Waals surface area (Å²) in [6, 6.07) is 0. The topological polar surface area (TPSA) is 0 Å². The minimum atomic E-state index is -1.79. The molecule has 0 bridgehead atoms. The summed E-state index contributed by atoms with van der Waals surface area (Å²) in [7, 11) is -1.79. The Morgan fingerprint density at radius 2 is 1.92 bits per heavy atom. The van der Waals surface area contributed by atoms with Gasteiger partial charge in [-0.1, -0.05) is 46.7 Å². The lowest BCUT2D eigenvalue weighted by Crippen LogP contribution is -2.40. The molecule has 0 fully saturated rings. The number of rotatable bonds is 3. The van der Waals surface area contributed by atoms with Crippen LogP contribution in [0.2, 0.25) is 10.6 Å². The maximum atomic E-state index is 6.67. The minimum Gasteiger partial charge on any atom is -0.161 e. The van der Waals surface area contributed by atoms with E-state index in [4.69, 9.17) is 11.1 Å². The van der Waals surface area contributed by atoms with Crippen LogP contribution in [0, 0.1) is 0 Å². The van der Waals surface area contributed by atoms with Crippen molar-refractivity contribution in [2.75, 3.05) is 0 Å². The Balaban J connectivity index is 4.79. The van der Waals surface area contributed by atoms with Gasteiger partial charge in [-0.25, -0.2) is 0 Å². The molecule has 0 aliphatic heterocycles. The molecule has 0 aromatic carbocycles. The van der Waals surface area contributed by atoms with E-state index in [1.165, 1.54) is 0 Å². The van der Waals surface area contributed by atoms with Gasteiger partial charge in [0.1, 0.15) is 0 Å². The lowest BCUT2D eigenvalue weighted by atomic mass is 10.2. The molecule has 0 heterocycles. The van der Waals surface area contributed by atoms with Crippen LogP contribution < -0.4 is 0 Å². The van der Waals surface area contributed by atoms with Gasteiger partial charge in [0, 0.05) is 0 Å². The van der Waals surface area contributed by atoms with E-state index in [0.29, 0.717) is 5.54 Å². The molecule has 0 aliphatic rings. The van der Waals surface area contributed by atoms with Gasteiger partial charge in [-0.3, -0.25) is 0 Å². The fraction of sp³-hybridized carbons (Fsp3) is 0.800. The highest BCUT2D eigenvalue weighted by Crippen LogP contribution is 2.47. The van der Waals surface area contributed by atoms with Crippen LogP contribution in [-0.4, -0.2) is 7.38 Å². The van der Waals surface area contributed by atoms with Gasteiger partial charge in [0.25, 0.3) is 0 Å². The highest BCUT2D eigenvalue weighted by Gasteiger charge is 2.44. The SMILES string of the molecule is C=C[Si](Cl)(C(C)CC)C(C)(C)C. The molecule has 0 saturated heterocycles. The molecule has 0 aromatic heterocycles. The monoisotopic (exact) mass is 204 g/mol. The third kappa shape index (κ3) is 2.14. The van der Waals surface area contributed by atoms with Crippen molar-refractivity contribution >= 4 is 18.5 Å². The first kappa shape index (κ1) is 12.2.